The molecule has 0 fully saturated rings. The summed E-state index contributed by atoms with van der Waals surface area (Å²) in [5.74, 6) is -0.175. The van der Waals surface area contributed by atoms with Crippen LogP contribution in [0.4, 0.5) is 4.39 Å². The molecule has 21 heavy (non-hydrogen) atoms. The highest BCUT2D eigenvalue weighted by Gasteiger charge is 2.14. The maximum atomic E-state index is 14.1. The maximum absolute atomic E-state index is 14.1. The van der Waals surface area contributed by atoms with Crippen molar-refractivity contribution in [1.82, 2.24) is 5.32 Å². The molecule has 2 rings (SSSR count). The molecule has 2 aromatic carbocycles. The number of halogens is 2. The van der Waals surface area contributed by atoms with Crippen molar-refractivity contribution in [1.29, 1.82) is 0 Å². The fraction of sp³-hybridized carbons (Fsp3) is 0.294. The minimum Gasteiger partial charge on any atom is -0.308 e. The summed E-state index contributed by atoms with van der Waals surface area (Å²) >= 11 is 7.44. The van der Waals surface area contributed by atoms with E-state index in [-0.39, 0.29) is 11.4 Å². The van der Waals surface area contributed by atoms with Gasteiger partial charge < -0.3 is 5.32 Å². The molecular weight excluding hydrogens is 305 g/mol. The average Bonchev–Trinajstić information content (AvgIpc) is 2.39. The number of rotatable bonds is 4. The van der Waals surface area contributed by atoms with Crippen molar-refractivity contribution in [2.45, 2.75) is 42.6 Å². The van der Waals surface area contributed by atoms with Crippen molar-refractivity contribution in [2.75, 3.05) is 0 Å². The smallest absolute Gasteiger partial charge is 0.128 e. The second-order valence-electron chi connectivity index (χ2n) is 5.88. The van der Waals surface area contributed by atoms with Crippen LogP contribution in [-0.2, 0) is 6.54 Å². The molecule has 0 unspecified atom stereocenters. The summed E-state index contributed by atoms with van der Waals surface area (Å²) in [6, 6.07) is 12.8. The van der Waals surface area contributed by atoms with E-state index in [1.165, 1.54) is 6.07 Å². The van der Waals surface area contributed by atoms with Gasteiger partial charge in [-0.1, -0.05) is 29.4 Å². The van der Waals surface area contributed by atoms with Gasteiger partial charge in [0, 0.05) is 32.5 Å². The molecule has 0 aliphatic rings. The number of hydrogen-bond acceptors (Lipinski definition) is 2. The molecule has 0 aliphatic heterocycles. The summed E-state index contributed by atoms with van der Waals surface area (Å²) in [6.07, 6.45) is 0. The van der Waals surface area contributed by atoms with E-state index in [4.69, 9.17) is 11.6 Å². The van der Waals surface area contributed by atoms with Crippen LogP contribution in [0.15, 0.2) is 52.3 Å². The quantitative estimate of drug-likeness (QED) is 0.795. The van der Waals surface area contributed by atoms with Gasteiger partial charge in [0.15, 0.2) is 0 Å². The highest BCUT2D eigenvalue weighted by atomic mass is 35.5. The first-order valence-corrected chi connectivity index (χ1v) is 8.00. The third kappa shape index (κ3) is 5.03. The van der Waals surface area contributed by atoms with Crippen LogP contribution in [0.2, 0.25) is 5.02 Å². The Labute approximate surface area is 134 Å². The van der Waals surface area contributed by atoms with Crippen LogP contribution in [0, 0.1) is 5.82 Å². The molecule has 0 radical (unpaired) electrons. The lowest BCUT2D eigenvalue weighted by atomic mass is 10.1. The molecule has 0 aliphatic carbocycles. The van der Waals surface area contributed by atoms with Gasteiger partial charge in [-0.3, -0.25) is 0 Å². The highest BCUT2D eigenvalue weighted by Crippen LogP contribution is 2.32. The van der Waals surface area contributed by atoms with Gasteiger partial charge in [-0.25, -0.2) is 4.39 Å². The van der Waals surface area contributed by atoms with Crippen LogP contribution in [0.25, 0.3) is 0 Å². The monoisotopic (exact) mass is 323 g/mol. The van der Waals surface area contributed by atoms with Crippen LogP contribution in [-0.4, -0.2) is 5.54 Å². The molecule has 0 bridgehead atoms. The maximum Gasteiger partial charge on any atom is 0.128 e. The first kappa shape index (κ1) is 16.3. The van der Waals surface area contributed by atoms with E-state index in [9.17, 15) is 4.39 Å². The van der Waals surface area contributed by atoms with Crippen LogP contribution in [0.3, 0.4) is 0 Å². The normalized spacial score (nSPS) is 11.7. The first-order valence-electron chi connectivity index (χ1n) is 6.81. The van der Waals surface area contributed by atoms with E-state index < -0.39 is 0 Å². The van der Waals surface area contributed by atoms with Crippen molar-refractivity contribution >= 4 is 23.4 Å². The first-order chi connectivity index (χ1) is 9.85. The third-order valence-electron chi connectivity index (χ3n) is 2.91. The topological polar surface area (TPSA) is 12.0 Å². The van der Waals surface area contributed by atoms with Crippen molar-refractivity contribution < 1.29 is 4.39 Å². The molecule has 4 heteroatoms. The Balaban J connectivity index is 2.22. The largest absolute Gasteiger partial charge is 0.308 e. The van der Waals surface area contributed by atoms with E-state index in [1.807, 2.05) is 30.3 Å². The molecule has 0 saturated heterocycles. The summed E-state index contributed by atoms with van der Waals surface area (Å²) in [4.78, 5) is 1.97. The van der Waals surface area contributed by atoms with Gasteiger partial charge in [0.25, 0.3) is 0 Å². The number of hydrogen-bond donors (Lipinski definition) is 1. The molecule has 0 saturated carbocycles. The lowest BCUT2D eigenvalue weighted by Gasteiger charge is -2.22. The third-order valence-corrected chi connectivity index (χ3v) is 4.28. The summed E-state index contributed by atoms with van der Waals surface area (Å²) in [5.41, 5.74) is 0.650. The minimum atomic E-state index is -0.175. The Bertz CT molecular complexity index is 605. The van der Waals surface area contributed by atoms with Crippen LogP contribution >= 0.6 is 23.4 Å². The van der Waals surface area contributed by atoms with Gasteiger partial charge in [-0.15, -0.1) is 0 Å². The van der Waals surface area contributed by atoms with Gasteiger partial charge in [-0.2, -0.15) is 0 Å². The zero-order chi connectivity index (χ0) is 15.5. The van der Waals surface area contributed by atoms with E-state index >= 15 is 0 Å². The molecule has 1 nitrogen and oxygen atoms in total. The van der Waals surface area contributed by atoms with Gasteiger partial charge in [0.1, 0.15) is 5.82 Å². The lowest BCUT2D eigenvalue weighted by molar-refractivity contribution is 0.416. The molecule has 0 atom stereocenters. The molecule has 112 valence electrons. The Morgan fingerprint density at radius 1 is 1.10 bits per heavy atom. The zero-order valence-corrected chi connectivity index (χ0v) is 14.0. The van der Waals surface area contributed by atoms with Crippen molar-refractivity contribution in [2.24, 2.45) is 0 Å². The number of nitrogens with one attached hydrogen (secondary N) is 1. The highest BCUT2D eigenvalue weighted by molar-refractivity contribution is 7.99. The SMILES string of the molecule is CC(C)(C)NCc1c(F)cccc1Sc1ccc(Cl)cc1. The molecule has 0 spiro atoms. The van der Waals surface area contributed by atoms with Gasteiger partial charge in [0.05, 0.1) is 0 Å². The van der Waals surface area contributed by atoms with Crippen molar-refractivity contribution in [3.8, 4) is 0 Å². The fourth-order valence-electron chi connectivity index (χ4n) is 1.79. The molecule has 0 heterocycles. The summed E-state index contributed by atoms with van der Waals surface area (Å²) in [7, 11) is 0. The molecular formula is C17H19ClFNS. The fourth-order valence-corrected chi connectivity index (χ4v) is 2.88. The summed E-state index contributed by atoms with van der Waals surface area (Å²) in [5, 5.41) is 4.04. The minimum absolute atomic E-state index is 0.0511. The van der Waals surface area contributed by atoms with Crippen LogP contribution in [0.5, 0.6) is 0 Å². The number of benzene rings is 2. The molecule has 0 amide bonds. The van der Waals surface area contributed by atoms with Crippen molar-refractivity contribution in [3.63, 3.8) is 0 Å². The van der Waals surface area contributed by atoms with Gasteiger partial charge >= 0.3 is 0 Å². The molecule has 2 aromatic rings. The summed E-state index contributed by atoms with van der Waals surface area (Å²) < 4.78 is 14.1. The van der Waals surface area contributed by atoms with Crippen LogP contribution in [0.1, 0.15) is 26.3 Å². The summed E-state index contributed by atoms with van der Waals surface area (Å²) in [6.45, 7) is 6.71. The lowest BCUT2D eigenvalue weighted by Crippen LogP contribution is -2.35. The van der Waals surface area contributed by atoms with Gasteiger partial charge in [-0.05, 0) is 57.2 Å². The van der Waals surface area contributed by atoms with E-state index in [2.05, 4.69) is 26.1 Å². The van der Waals surface area contributed by atoms with Crippen molar-refractivity contribution in [3.05, 3.63) is 58.9 Å². The second-order valence-corrected chi connectivity index (χ2v) is 7.43. The predicted octanol–water partition coefficient (Wildman–Crippen LogP) is 5.52. The van der Waals surface area contributed by atoms with E-state index in [0.29, 0.717) is 17.1 Å². The van der Waals surface area contributed by atoms with E-state index in [0.717, 1.165) is 9.79 Å². The average molecular weight is 324 g/mol. The Morgan fingerprint density at radius 2 is 1.76 bits per heavy atom. The predicted molar refractivity (Wildman–Crippen MR) is 88.6 cm³/mol. The Kier molecular flexibility index (Phi) is 5.31. The van der Waals surface area contributed by atoms with Crippen LogP contribution < -0.4 is 5.32 Å². The second kappa shape index (κ2) is 6.82. The molecule has 0 aromatic heterocycles. The van der Waals surface area contributed by atoms with E-state index in [1.54, 1.807) is 17.8 Å². The molecule has 1 N–H and O–H groups in total. The Hall–Kier alpha value is -1.03. The standard InChI is InChI=1S/C17H19ClFNS/c1-17(2,3)20-11-14-15(19)5-4-6-16(14)21-13-9-7-12(18)8-10-13/h4-10,20H,11H2,1-3H3. The zero-order valence-electron chi connectivity index (χ0n) is 12.4. The Morgan fingerprint density at radius 3 is 2.38 bits per heavy atom. The van der Waals surface area contributed by atoms with Gasteiger partial charge in [0.2, 0.25) is 0 Å².